The first-order valence-corrected chi connectivity index (χ1v) is 23.8. The summed E-state index contributed by atoms with van der Waals surface area (Å²) in [6.45, 7) is 2.53. The second-order valence-electron chi connectivity index (χ2n) is 16.9. The van der Waals surface area contributed by atoms with Crippen LogP contribution in [0.25, 0.3) is 0 Å². The number of carbonyl (C=O) groups excluding carboxylic acids is 2. The highest BCUT2D eigenvalue weighted by atomic mass is 16.7. The summed E-state index contributed by atoms with van der Waals surface area (Å²) in [5, 5.41) is 71.8. The van der Waals surface area contributed by atoms with Crippen LogP contribution in [0.5, 0.6) is 0 Å². The molecule has 15 nitrogen and oxygen atoms in total. The molecule has 0 radical (unpaired) electrons. The van der Waals surface area contributed by atoms with Gasteiger partial charge in [-0.1, -0.05) is 148 Å². The van der Waals surface area contributed by atoms with Gasteiger partial charge in [-0.2, -0.15) is 0 Å². The van der Waals surface area contributed by atoms with Gasteiger partial charge in [0.25, 0.3) is 0 Å². The van der Waals surface area contributed by atoms with Crippen molar-refractivity contribution in [3.05, 3.63) is 12.2 Å². The van der Waals surface area contributed by atoms with Gasteiger partial charge in [0.15, 0.2) is 18.7 Å². The van der Waals surface area contributed by atoms with Crippen molar-refractivity contribution < 1.29 is 73.8 Å². The SMILES string of the molecule is CCCCCCCCCCCCC/C=C/CCC(=O)OC[C@H](CO[C@@H]1O[C@H](CO[C@@H]2O[C@H](CO)[C@H](O)C(O)C2O)[C@H](O)C(O)C1O)OC(=O)CCCCCCCCCCCC. The van der Waals surface area contributed by atoms with Crippen LogP contribution < -0.4 is 0 Å². The Morgan fingerprint density at radius 3 is 1.51 bits per heavy atom. The zero-order valence-corrected chi connectivity index (χ0v) is 37.4. The summed E-state index contributed by atoms with van der Waals surface area (Å²) in [5.74, 6) is -0.978. The molecular formula is C46H84O15. The fraction of sp³-hybridized carbons (Fsp3) is 0.913. The Morgan fingerprint density at radius 1 is 0.508 bits per heavy atom. The van der Waals surface area contributed by atoms with Gasteiger partial charge < -0.3 is 64.2 Å². The molecule has 2 aliphatic rings. The molecule has 2 heterocycles. The topological polar surface area (TPSA) is 231 Å². The quantitative estimate of drug-likeness (QED) is 0.0236. The summed E-state index contributed by atoms with van der Waals surface area (Å²) in [4.78, 5) is 25.6. The predicted molar refractivity (Wildman–Crippen MR) is 229 cm³/mol. The summed E-state index contributed by atoms with van der Waals surface area (Å²) < 4.78 is 33.4. The maximum Gasteiger partial charge on any atom is 0.306 e. The lowest BCUT2D eigenvalue weighted by atomic mass is 9.98. The number of hydrogen-bond donors (Lipinski definition) is 7. The van der Waals surface area contributed by atoms with Crippen LogP contribution >= 0.6 is 0 Å². The second-order valence-corrected chi connectivity index (χ2v) is 16.9. The minimum atomic E-state index is -1.76. The molecular weight excluding hydrogens is 792 g/mol. The molecule has 0 aliphatic carbocycles. The zero-order chi connectivity index (χ0) is 44.7. The van der Waals surface area contributed by atoms with Crippen molar-refractivity contribution in [3.8, 4) is 0 Å². The average molecular weight is 877 g/mol. The molecule has 0 spiro atoms. The van der Waals surface area contributed by atoms with Gasteiger partial charge in [0, 0.05) is 12.8 Å². The molecule has 0 bridgehead atoms. The van der Waals surface area contributed by atoms with Crippen LogP contribution in [0.1, 0.15) is 174 Å². The molecule has 0 aromatic rings. The van der Waals surface area contributed by atoms with Gasteiger partial charge in [-0.25, -0.2) is 0 Å². The van der Waals surface area contributed by atoms with Crippen LogP contribution in [-0.2, 0) is 38.0 Å². The molecule has 0 saturated carbocycles. The Morgan fingerprint density at radius 2 is 0.967 bits per heavy atom. The fourth-order valence-electron chi connectivity index (χ4n) is 7.53. The molecule has 2 fully saturated rings. The van der Waals surface area contributed by atoms with Gasteiger partial charge in [0.05, 0.1) is 19.8 Å². The summed E-state index contributed by atoms with van der Waals surface area (Å²) in [6, 6.07) is 0. The van der Waals surface area contributed by atoms with Crippen LogP contribution in [0.15, 0.2) is 12.2 Å². The third-order valence-electron chi connectivity index (χ3n) is 11.5. The van der Waals surface area contributed by atoms with Crippen molar-refractivity contribution in [1.82, 2.24) is 0 Å². The predicted octanol–water partition coefficient (Wildman–Crippen LogP) is 5.43. The Kier molecular flexibility index (Phi) is 31.4. The number of aliphatic hydroxyl groups is 7. The van der Waals surface area contributed by atoms with E-state index in [-0.39, 0.29) is 26.1 Å². The van der Waals surface area contributed by atoms with E-state index in [2.05, 4.69) is 19.9 Å². The van der Waals surface area contributed by atoms with Crippen LogP contribution in [0.2, 0.25) is 0 Å². The number of carbonyl (C=O) groups is 2. The monoisotopic (exact) mass is 877 g/mol. The van der Waals surface area contributed by atoms with Crippen LogP contribution in [0.3, 0.4) is 0 Å². The van der Waals surface area contributed by atoms with E-state index in [1.807, 2.05) is 6.08 Å². The highest BCUT2D eigenvalue weighted by Crippen LogP contribution is 2.26. The lowest BCUT2D eigenvalue weighted by molar-refractivity contribution is -0.332. The molecule has 7 N–H and O–H groups in total. The van der Waals surface area contributed by atoms with E-state index in [4.69, 9.17) is 28.4 Å². The summed E-state index contributed by atoms with van der Waals surface area (Å²) in [7, 11) is 0. The summed E-state index contributed by atoms with van der Waals surface area (Å²) in [5.41, 5.74) is 0. The molecule has 2 rings (SSSR count). The van der Waals surface area contributed by atoms with Gasteiger partial charge in [0.1, 0.15) is 55.4 Å². The zero-order valence-electron chi connectivity index (χ0n) is 37.4. The van der Waals surface area contributed by atoms with Crippen molar-refractivity contribution >= 4 is 11.9 Å². The van der Waals surface area contributed by atoms with Crippen molar-refractivity contribution in [2.75, 3.05) is 26.4 Å². The molecule has 61 heavy (non-hydrogen) atoms. The minimum Gasteiger partial charge on any atom is -0.462 e. The smallest absolute Gasteiger partial charge is 0.306 e. The van der Waals surface area contributed by atoms with Crippen molar-refractivity contribution in [2.45, 2.75) is 242 Å². The highest BCUT2D eigenvalue weighted by molar-refractivity contribution is 5.70. The normalized spacial score (nSPS) is 27.4. The Hall–Kier alpha value is -1.76. The number of hydrogen-bond acceptors (Lipinski definition) is 15. The first-order valence-electron chi connectivity index (χ1n) is 23.8. The Bertz CT molecular complexity index is 1120. The molecule has 2 aliphatic heterocycles. The molecule has 11 atom stereocenters. The first-order chi connectivity index (χ1) is 29.5. The van der Waals surface area contributed by atoms with E-state index in [0.717, 1.165) is 32.1 Å². The Labute approximate surface area is 365 Å². The number of rotatable bonds is 36. The van der Waals surface area contributed by atoms with E-state index < -0.39 is 92.7 Å². The van der Waals surface area contributed by atoms with Gasteiger partial charge in [-0.05, 0) is 25.7 Å². The molecule has 0 amide bonds. The second kappa shape index (κ2) is 34.6. The molecule has 2 saturated heterocycles. The van der Waals surface area contributed by atoms with Crippen molar-refractivity contribution in [2.24, 2.45) is 0 Å². The molecule has 0 aromatic heterocycles. The number of unbranched alkanes of at least 4 members (excludes halogenated alkanes) is 20. The van der Waals surface area contributed by atoms with Gasteiger partial charge in [-0.15, -0.1) is 0 Å². The largest absolute Gasteiger partial charge is 0.462 e. The lowest BCUT2D eigenvalue weighted by Gasteiger charge is -2.42. The maximum absolute atomic E-state index is 12.9. The number of allylic oxidation sites excluding steroid dienone is 2. The van der Waals surface area contributed by atoms with E-state index >= 15 is 0 Å². The van der Waals surface area contributed by atoms with Crippen LogP contribution in [0, 0.1) is 0 Å². The van der Waals surface area contributed by atoms with E-state index in [1.165, 1.54) is 103 Å². The number of esters is 2. The Balaban J connectivity index is 1.84. The molecule has 0 aromatic carbocycles. The number of aliphatic hydroxyl groups excluding tert-OH is 7. The van der Waals surface area contributed by atoms with Gasteiger partial charge in [0.2, 0.25) is 0 Å². The van der Waals surface area contributed by atoms with Crippen LogP contribution in [0.4, 0.5) is 0 Å². The molecule has 358 valence electrons. The molecule has 15 heteroatoms. The maximum atomic E-state index is 12.9. The van der Waals surface area contributed by atoms with E-state index in [0.29, 0.717) is 12.8 Å². The summed E-state index contributed by atoms with van der Waals surface area (Å²) in [6.07, 6.45) is 14.2. The van der Waals surface area contributed by atoms with Crippen molar-refractivity contribution in [3.63, 3.8) is 0 Å². The van der Waals surface area contributed by atoms with Gasteiger partial charge >= 0.3 is 11.9 Å². The first kappa shape index (κ1) is 55.4. The number of ether oxygens (including phenoxy) is 6. The van der Waals surface area contributed by atoms with E-state index in [9.17, 15) is 45.3 Å². The fourth-order valence-corrected chi connectivity index (χ4v) is 7.53. The summed E-state index contributed by atoms with van der Waals surface area (Å²) >= 11 is 0. The third kappa shape index (κ3) is 23.7. The van der Waals surface area contributed by atoms with Crippen LogP contribution in [-0.4, -0.2) is 142 Å². The lowest BCUT2D eigenvalue weighted by Crippen LogP contribution is -2.61. The average Bonchev–Trinajstić information content (AvgIpc) is 3.25. The third-order valence-corrected chi connectivity index (χ3v) is 11.5. The van der Waals surface area contributed by atoms with Crippen molar-refractivity contribution in [1.29, 1.82) is 0 Å². The standard InChI is InChI=1S/C46H84O15/c1-3-5-7-9-11-13-15-16-17-18-19-21-22-24-26-28-37(48)56-31-34(59-38(49)29-27-25-23-20-14-12-10-8-6-4-2)32-57-45-44(55)42(53)40(51)36(61-45)33-58-46-43(54)41(52)39(50)35(30-47)60-46/h22,24,34-36,39-47,50-55H,3-21,23,25-33H2,1-2H3/b24-22+/t34-,35-,36-,39+,40+,41?,42?,43?,44?,45-,46-/m1/s1. The minimum absolute atomic E-state index is 0.138. The highest BCUT2D eigenvalue weighted by Gasteiger charge is 2.47. The van der Waals surface area contributed by atoms with E-state index in [1.54, 1.807) is 0 Å². The van der Waals surface area contributed by atoms with Gasteiger partial charge in [-0.3, -0.25) is 9.59 Å². The molecule has 4 unspecified atom stereocenters.